The number of allylic oxidation sites excluding steroid dienone is 2. The summed E-state index contributed by atoms with van der Waals surface area (Å²) in [7, 11) is 1.87. The van der Waals surface area contributed by atoms with Gasteiger partial charge in [-0.05, 0) is 67.8 Å². The SMILES string of the molecule is C=C/C(=C\NC)CCCNC(=O)c1ccc(N2CCCC2)c(C#Cc2ccccc2)c1. The lowest BCUT2D eigenvalue weighted by Gasteiger charge is -2.20. The Morgan fingerprint density at radius 1 is 1.13 bits per heavy atom. The average Bonchev–Trinajstić information content (AvgIpc) is 3.35. The molecule has 4 heteroatoms. The first kappa shape index (κ1) is 22.2. The first-order valence-corrected chi connectivity index (χ1v) is 10.9. The highest BCUT2D eigenvalue weighted by molar-refractivity contribution is 5.95. The van der Waals surface area contributed by atoms with Crippen LogP contribution in [0.15, 0.2) is 73.0 Å². The van der Waals surface area contributed by atoms with Gasteiger partial charge in [-0.15, -0.1) is 0 Å². The van der Waals surface area contributed by atoms with Crippen molar-refractivity contribution < 1.29 is 4.79 Å². The van der Waals surface area contributed by atoms with Crippen molar-refractivity contribution in [1.82, 2.24) is 10.6 Å². The second-order valence-electron chi connectivity index (χ2n) is 7.61. The maximum absolute atomic E-state index is 12.7. The smallest absolute Gasteiger partial charge is 0.251 e. The van der Waals surface area contributed by atoms with Crippen LogP contribution < -0.4 is 15.5 Å². The summed E-state index contributed by atoms with van der Waals surface area (Å²) in [5, 5.41) is 6.04. The van der Waals surface area contributed by atoms with Crippen molar-refractivity contribution in [3.05, 3.63) is 89.6 Å². The van der Waals surface area contributed by atoms with E-state index in [-0.39, 0.29) is 5.91 Å². The van der Waals surface area contributed by atoms with E-state index in [0.29, 0.717) is 12.1 Å². The molecule has 160 valence electrons. The van der Waals surface area contributed by atoms with Crippen LogP contribution in [0, 0.1) is 11.8 Å². The molecule has 3 rings (SSSR count). The predicted molar refractivity (Wildman–Crippen MR) is 129 cm³/mol. The van der Waals surface area contributed by atoms with E-state index in [2.05, 4.69) is 34.0 Å². The van der Waals surface area contributed by atoms with Gasteiger partial charge in [0, 0.05) is 43.4 Å². The molecule has 0 unspecified atom stereocenters. The van der Waals surface area contributed by atoms with E-state index in [0.717, 1.165) is 48.3 Å². The highest BCUT2D eigenvalue weighted by Gasteiger charge is 2.17. The second-order valence-corrected chi connectivity index (χ2v) is 7.61. The van der Waals surface area contributed by atoms with Gasteiger partial charge in [0.05, 0.1) is 5.69 Å². The summed E-state index contributed by atoms with van der Waals surface area (Å²) in [4.78, 5) is 15.1. The summed E-state index contributed by atoms with van der Waals surface area (Å²) in [6.45, 7) is 6.51. The van der Waals surface area contributed by atoms with Gasteiger partial charge in [0.2, 0.25) is 0 Å². The van der Waals surface area contributed by atoms with Crippen LogP contribution in [0.4, 0.5) is 5.69 Å². The maximum Gasteiger partial charge on any atom is 0.251 e. The number of amides is 1. The summed E-state index contributed by atoms with van der Waals surface area (Å²) in [5.74, 6) is 6.49. The van der Waals surface area contributed by atoms with Crippen LogP contribution in [0.3, 0.4) is 0 Å². The third-order valence-electron chi connectivity index (χ3n) is 5.34. The average molecular weight is 414 g/mol. The number of rotatable bonds is 8. The van der Waals surface area contributed by atoms with Gasteiger partial charge in [-0.25, -0.2) is 0 Å². The fraction of sp³-hybridized carbons (Fsp3) is 0.296. The summed E-state index contributed by atoms with van der Waals surface area (Å²) in [6, 6.07) is 15.8. The minimum Gasteiger partial charge on any atom is -0.394 e. The summed E-state index contributed by atoms with van der Waals surface area (Å²) >= 11 is 0. The van der Waals surface area contributed by atoms with Crippen molar-refractivity contribution in [2.24, 2.45) is 0 Å². The first-order valence-electron chi connectivity index (χ1n) is 10.9. The molecule has 1 amide bonds. The quantitative estimate of drug-likeness (QED) is 0.381. The van der Waals surface area contributed by atoms with Crippen LogP contribution in [-0.4, -0.2) is 32.6 Å². The molecule has 1 fully saturated rings. The number of hydrogen-bond donors (Lipinski definition) is 2. The van der Waals surface area contributed by atoms with Gasteiger partial charge in [0.1, 0.15) is 0 Å². The van der Waals surface area contributed by atoms with Crippen LogP contribution in [0.1, 0.15) is 47.2 Å². The Hall–Kier alpha value is -3.45. The largest absolute Gasteiger partial charge is 0.394 e. The zero-order chi connectivity index (χ0) is 21.9. The topological polar surface area (TPSA) is 44.4 Å². The van der Waals surface area contributed by atoms with Crippen molar-refractivity contribution in [3.63, 3.8) is 0 Å². The number of hydrogen-bond acceptors (Lipinski definition) is 3. The monoisotopic (exact) mass is 413 g/mol. The molecule has 1 heterocycles. The van der Waals surface area contributed by atoms with E-state index in [1.807, 2.05) is 67.9 Å². The Morgan fingerprint density at radius 3 is 2.61 bits per heavy atom. The molecule has 1 aliphatic heterocycles. The molecule has 0 saturated carbocycles. The Balaban J connectivity index is 1.72. The molecule has 0 aliphatic carbocycles. The highest BCUT2D eigenvalue weighted by Crippen LogP contribution is 2.25. The van der Waals surface area contributed by atoms with Crippen LogP contribution >= 0.6 is 0 Å². The van der Waals surface area contributed by atoms with E-state index in [9.17, 15) is 4.79 Å². The molecule has 1 saturated heterocycles. The molecule has 4 nitrogen and oxygen atoms in total. The molecule has 0 aromatic heterocycles. The first-order chi connectivity index (χ1) is 15.2. The lowest BCUT2D eigenvalue weighted by molar-refractivity contribution is 0.0953. The highest BCUT2D eigenvalue weighted by atomic mass is 16.1. The minimum atomic E-state index is -0.0616. The molecule has 0 radical (unpaired) electrons. The normalized spacial score (nSPS) is 13.3. The van der Waals surface area contributed by atoms with Gasteiger partial charge in [-0.3, -0.25) is 4.79 Å². The molecular weight excluding hydrogens is 382 g/mol. The van der Waals surface area contributed by atoms with Crippen molar-refractivity contribution in [2.75, 3.05) is 31.6 Å². The Bertz CT molecular complexity index is 977. The Labute approximate surface area is 186 Å². The van der Waals surface area contributed by atoms with Crippen LogP contribution in [-0.2, 0) is 0 Å². The lowest BCUT2D eigenvalue weighted by Crippen LogP contribution is -2.25. The molecule has 0 atom stereocenters. The van der Waals surface area contributed by atoms with E-state index >= 15 is 0 Å². The van der Waals surface area contributed by atoms with Crippen molar-refractivity contribution in [2.45, 2.75) is 25.7 Å². The zero-order valence-electron chi connectivity index (χ0n) is 18.3. The van der Waals surface area contributed by atoms with E-state index in [1.54, 1.807) is 0 Å². The molecule has 2 aromatic carbocycles. The van der Waals surface area contributed by atoms with Gasteiger partial charge < -0.3 is 15.5 Å². The Kier molecular flexibility index (Phi) is 8.37. The van der Waals surface area contributed by atoms with Crippen LogP contribution in [0.5, 0.6) is 0 Å². The van der Waals surface area contributed by atoms with Crippen LogP contribution in [0.25, 0.3) is 0 Å². The third-order valence-corrected chi connectivity index (χ3v) is 5.34. The minimum absolute atomic E-state index is 0.0616. The van der Waals surface area contributed by atoms with Crippen LogP contribution in [0.2, 0.25) is 0 Å². The molecule has 0 spiro atoms. The van der Waals surface area contributed by atoms with Crippen molar-refractivity contribution in [1.29, 1.82) is 0 Å². The van der Waals surface area contributed by atoms with E-state index in [4.69, 9.17) is 0 Å². The van der Waals surface area contributed by atoms with Gasteiger partial charge in [0.25, 0.3) is 5.91 Å². The molecular formula is C27H31N3O. The fourth-order valence-electron chi connectivity index (χ4n) is 3.69. The van der Waals surface area contributed by atoms with Crippen molar-refractivity contribution in [3.8, 4) is 11.8 Å². The van der Waals surface area contributed by atoms with Crippen molar-refractivity contribution >= 4 is 11.6 Å². The number of carbonyl (C=O) groups excluding carboxylic acids is 1. The van der Waals surface area contributed by atoms with Gasteiger partial charge in [0.15, 0.2) is 0 Å². The predicted octanol–water partition coefficient (Wildman–Crippen LogP) is 4.49. The van der Waals surface area contributed by atoms with Gasteiger partial charge in [-0.2, -0.15) is 0 Å². The fourth-order valence-corrected chi connectivity index (χ4v) is 3.69. The summed E-state index contributed by atoms with van der Waals surface area (Å²) in [6.07, 6.45) is 7.89. The number of nitrogens with one attached hydrogen (secondary N) is 2. The standard InChI is InChI=1S/C27H31N3O/c1-3-22(21-28-2)12-9-17-29-27(31)25-15-16-26(30-18-7-8-19-30)24(20-25)14-13-23-10-5-4-6-11-23/h3-6,10-11,15-16,20-21,28H,1,7-9,12,17-19H2,2H3,(H,29,31)/b22-21+. The summed E-state index contributed by atoms with van der Waals surface area (Å²) in [5.41, 5.74) is 4.77. The van der Waals surface area contributed by atoms with Gasteiger partial charge in [-0.1, -0.05) is 42.7 Å². The zero-order valence-corrected chi connectivity index (χ0v) is 18.3. The maximum atomic E-state index is 12.7. The molecule has 2 N–H and O–H groups in total. The number of carbonyl (C=O) groups is 1. The molecule has 2 aromatic rings. The third kappa shape index (κ3) is 6.52. The van der Waals surface area contributed by atoms with Gasteiger partial charge >= 0.3 is 0 Å². The molecule has 1 aliphatic rings. The molecule has 31 heavy (non-hydrogen) atoms. The molecule has 0 bridgehead atoms. The lowest BCUT2D eigenvalue weighted by atomic mass is 10.1. The number of anilines is 1. The van der Waals surface area contributed by atoms with E-state index < -0.39 is 0 Å². The summed E-state index contributed by atoms with van der Waals surface area (Å²) < 4.78 is 0. The van der Waals surface area contributed by atoms with E-state index in [1.165, 1.54) is 12.8 Å². The Morgan fingerprint density at radius 2 is 1.90 bits per heavy atom. The number of benzene rings is 2. The number of nitrogens with zero attached hydrogens (tertiary/aromatic N) is 1. The second kappa shape index (κ2) is 11.7.